The molecule has 9 heteroatoms. The van der Waals surface area contributed by atoms with Gasteiger partial charge in [-0.15, -0.1) is 10.2 Å². The number of carbonyl (C=O) groups excluding carboxylic acids is 2. The monoisotopic (exact) mass is 500 g/mol. The van der Waals surface area contributed by atoms with Crippen molar-refractivity contribution >= 4 is 35.2 Å². The molecule has 0 aliphatic heterocycles. The molecule has 1 unspecified atom stereocenters. The lowest BCUT2D eigenvalue weighted by Gasteiger charge is -2.18. The Morgan fingerprint density at radius 3 is 2.68 bits per heavy atom. The first-order chi connectivity index (χ1) is 16.3. The molecule has 2 aromatic carbocycles. The van der Waals surface area contributed by atoms with Gasteiger partial charge in [0, 0.05) is 17.2 Å². The molecule has 1 amide bonds. The Morgan fingerprint density at radius 1 is 1.15 bits per heavy atom. The van der Waals surface area contributed by atoms with Gasteiger partial charge >= 0.3 is 5.97 Å². The minimum atomic E-state index is -0.436. The Labute approximate surface area is 209 Å². The maximum atomic E-state index is 12.5. The SMILES string of the molecule is CCOC(=O)CCC(=O)NC(C)c1nnc(SCc2cccc(C)c2)n1-c1cc(Cl)ccc1C. The third-order valence-electron chi connectivity index (χ3n) is 5.15. The summed E-state index contributed by atoms with van der Waals surface area (Å²) in [5, 5.41) is 13.1. The standard InChI is InChI=1S/C25H29ClN4O3S/c1-5-33-23(32)12-11-22(31)27-18(4)24-28-29-25(34-15-19-8-6-7-16(2)13-19)30(24)21-14-20(26)10-9-17(21)3/h6-10,13-14,18H,5,11-12,15H2,1-4H3,(H,27,31). The molecule has 0 radical (unpaired) electrons. The maximum absolute atomic E-state index is 12.5. The zero-order valence-corrected chi connectivity index (χ0v) is 21.4. The van der Waals surface area contributed by atoms with Crippen LogP contribution in [0.15, 0.2) is 47.6 Å². The van der Waals surface area contributed by atoms with E-state index in [4.69, 9.17) is 16.3 Å². The number of ether oxygens (including phenoxy) is 1. The van der Waals surface area contributed by atoms with Crippen LogP contribution in [0.3, 0.4) is 0 Å². The second-order valence-corrected chi connectivity index (χ2v) is 9.36. The fraction of sp³-hybridized carbons (Fsp3) is 0.360. The van der Waals surface area contributed by atoms with Crippen LogP contribution in [0.2, 0.25) is 5.02 Å². The van der Waals surface area contributed by atoms with E-state index in [-0.39, 0.29) is 18.7 Å². The Bertz CT molecular complexity index is 1160. The molecule has 0 saturated carbocycles. The van der Waals surface area contributed by atoms with E-state index in [1.165, 1.54) is 11.1 Å². The molecule has 1 atom stereocenters. The number of halogens is 1. The average Bonchev–Trinajstić information content (AvgIpc) is 3.22. The molecule has 0 saturated heterocycles. The van der Waals surface area contributed by atoms with Gasteiger partial charge in [-0.1, -0.05) is 59.3 Å². The van der Waals surface area contributed by atoms with Crippen molar-refractivity contribution in [3.05, 3.63) is 70.0 Å². The molecule has 0 spiro atoms. The van der Waals surface area contributed by atoms with E-state index < -0.39 is 12.0 Å². The van der Waals surface area contributed by atoms with Crippen LogP contribution in [-0.4, -0.2) is 33.2 Å². The van der Waals surface area contributed by atoms with E-state index in [1.54, 1.807) is 18.7 Å². The van der Waals surface area contributed by atoms with Gasteiger partial charge in [0.15, 0.2) is 11.0 Å². The van der Waals surface area contributed by atoms with Crippen molar-refractivity contribution < 1.29 is 14.3 Å². The molecule has 0 bridgehead atoms. The first kappa shape index (κ1) is 25.8. The molecule has 1 aromatic heterocycles. The molecule has 7 nitrogen and oxygen atoms in total. The van der Waals surface area contributed by atoms with Crippen LogP contribution in [0.5, 0.6) is 0 Å². The van der Waals surface area contributed by atoms with Gasteiger partial charge < -0.3 is 10.1 Å². The zero-order chi connectivity index (χ0) is 24.7. The Kier molecular flexibility index (Phi) is 9.12. The molecule has 3 rings (SSSR count). The largest absolute Gasteiger partial charge is 0.466 e. The number of nitrogens with one attached hydrogen (secondary N) is 1. The van der Waals surface area contributed by atoms with Crippen molar-refractivity contribution in [2.45, 2.75) is 57.5 Å². The van der Waals surface area contributed by atoms with E-state index >= 15 is 0 Å². The van der Waals surface area contributed by atoms with Crippen molar-refractivity contribution in [3.63, 3.8) is 0 Å². The molecular weight excluding hydrogens is 472 g/mol. The minimum Gasteiger partial charge on any atom is -0.466 e. The molecule has 180 valence electrons. The summed E-state index contributed by atoms with van der Waals surface area (Å²) >= 11 is 7.88. The fourth-order valence-corrected chi connectivity index (χ4v) is 4.54. The second-order valence-electron chi connectivity index (χ2n) is 7.98. The topological polar surface area (TPSA) is 86.1 Å². The Hall–Kier alpha value is -2.84. The van der Waals surface area contributed by atoms with Gasteiger partial charge in [0.25, 0.3) is 0 Å². The summed E-state index contributed by atoms with van der Waals surface area (Å²) in [6, 6.07) is 13.5. The predicted octanol–water partition coefficient (Wildman–Crippen LogP) is 5.35. The van der Waals surface area contributed by atoms with Crippen LogP contribution in [0, 0.1) is 13.8 Å². The zero-order valence-electron chi connectivity index (χ0n) is 19.8. The average molecular weight is 501 g/mol. The van der Waals surface area contributed by atoms with Crippen molar-refractivity contribution in [1.82, 2.24) is 20.1 Å². The number of aromatic nitrogens is 3. The minimum absolute atomic E-state index is 0.0318. The van der Waals surface area contributed by atoms with Gasteiger partial charge in [0.2, 0.25) is 5.91 Å². The summed E-state index contributed by atoms with van der Waals surface area (Å²) < 4.78 is 6.84. The van der Waals surface area contributed by atoms with Gasteiger partial charge in [-0.25, -0.2) is 0 Å². The lowest BCUT2D eigenvalue weighted by Crippen LogP contribution is -2.29. The third-order valence-corrected chi connectivity index (χ3v) is 6.38. The maximum Gasteiger partial charge on any atom is 0.306 e. The van der Waals surface area contributed by atoms with Crippen LogP contribution < -0.4 is 5.32 Å². The number of amides is 1. The summed E-state index contributed by atoms with van der Waals surface area (Å²) in [5.41, 5.74) is 4.24. The molecule has 0 aliphatic rings. The Balaban J connectivity index is 1.85. The van der Waals surface area contributed by atoms with E-state index in [1.807, 2.05) is 42.7 Å². The molecular formula is C25H29ClN4O3S. The van der Waals surface area contributed by atoms with Crippen molar-refractivity contribution in [1.29, 1.82) is 0 Å². The number of aryl methyl sites for hydroxylation is 2. The van der Waals surface area contributed by atoms with Crippen LogP contribution in [-0.2, 0) is 20.1 Å². The predicted molar refractivity (Wildman–Crippen MR) is 134 cm³/mol. The second kappa shape index (κ2) is 12.0. The van der Waals surface area contributed by atoms with Crippen molar-refractivity contribution in [3.8, 4) is 5.69 Å². The number of rotatable bonds is 10. The number of nitrogens with zero attached hydrogens (tertiary/aromatic N) is 3. The molecule has 3 aromatic rings. The van der Waals surface area contributed by atoms with E-state index in [0.29, 0.717) is 22.6 Å². The van der Waals surface area contributed by atoms with Gasteiger partial charge in [-0.3, -0.25) is 14.2 Å². The highest BCUT2D eigenvalue weighted by Gasteiger charge is 2.22. The van der Waals surface area contributed by atoms with E-state index in [9.17, 15) is 9.59 Å². The fourth-order valence-electron chi connectivity index (χ4n) is 3.48. The summed E-state index contributed by atoms with van der Waals surface area (Å²) in [7, 11) is 0. The van der Waals surface area contributed by atoms with Crippen LogP contribution in [0.1, 0.15) is 55.2 Å². The number of carbonyl (C=O) groups is 2. The number of thioether (sulfide) groups is 1. The van der Waals surface area contributed by atoms with Gasteiger partial charge in [0.05, 0.1) is 24.8 Å². The van der Waals surface area contributed by atoms with Crippen molar-refractivity contribution in [2.24, 2.45) is 0 Å². The summed E-state index contributed by atoms with van der Waals surface area (Å²) in [4.78, 5) is 24.0. The smallest absolute Gasteiger partial charge is 0.306 e. The lowest BCUT2D eigenvalue weighted by molar-refractivity contribution is -0.144. The first-order valence-electron chi connectivity index (χ1n) is 11.1. The first-order valence-corrected chi connectivity index (χ1v) is 12.5. The number of esters is 1. The molecule has 34 heavy (non-hydrogen) atoms. The van der Waals surface area contributed by atoms with Crippen LogP contribution in [0.4, 0.5) is 0 Å². The Morgan fingerprint density at radius 2 is 1.94 bits per heavy atom. The number of hydrogen-bond donors (Lipinski definition) is 1. The van der Waals surface area contributed by atoms with Crippen LogP contribution >= 0.6 is 23.4 Å². The molecule has 1 N–H and O–H groups in total. The molecule has 0 fully saturated rings. The van der Waals surface area contributed by atoms with Crippen molar-refractivity contribution in [2.75, 3.05) is 6.61 Å². The number of benzene rings is 2. The van der Waals surface area contributed by atoms with Gasteiger partial charge in [-0.2, -0.15) is 0 Å². The summed E-state index contributed by atoms with van der Waals surface area (Å²) in [6.07, 6.45) is 0.0759. The highest BCUT2D eigenvalue weighted by atomic mass is 35.5. The summed E-state index contributed by atoms with van der Waals surface area (Å²) in [6.45, 7) is 7.93. The quantitative estimate of drug-likeness (QED) is 0.298. The lowest BCUT2D eigenvalue weighted by atomic mass is 10.2. The number of hydrogen-bond acceptors (Lipinski definition) is 6. The molecule has 1 heterocycles. The summed E-state index contributed by atoms with van der Waals surface area (Å²) in [5.74, 6) is 0.658. The van der Waals surface area contributed by atoms with Gasteiger partial charge in [-0.05, 0) is 51.0 Å². The highest BCUT2D eigenvalue weighted by molar-refractivity contribution is 7.98. The molecule has 0 aliphatic carbocycles. The third kappa shape index (κ3) is 6.84. The van der Waals surface area contributed by atoms with E-state index in [2.05, 4.69) is 40.6 Å². The normalized spacial score (nSPS) is 11.8. The van der Waals surface area contributed by atoms with Crippen LogP contribution in [0.25, 0.3) is 5.69 Å². The van der Waals surface area contributed by atoms with Gasteiger partial charge in [0.1, 0.15) is 0 Å². The van der Waals surface area contributed by atoms with E-state index in [0.717, 1.165) is 17.0 Å². The highest BCUT2D eigenvalue weighted by Crippen LogP contribution is 2.30.